The van der Waals surface area contributed by atoms with Gasteiger partial charge in [-0.3, -0.25) is 0 Å². The van der Waals surface area contributed by atoms with Crippen LogP contribution in [-0.2, 0) is 0 Å². The number of likely N-dealkylation sites (N-methyl/N-ethyl adjacent to an activating group) is 1. The Balaban J connectivity index is 1.76. The van der Waals surface area contributed by atoms with Gasteiger partial charge in [0.15, 0.2) is 0 Å². The molecule has 2 rings (SSSR count). The van der Waals surface area contributed by atoms with Gasteiger partial charge in [-0.25, -0.2) is 10.0 Å². The Kier molecular flexibility index (Phi) is 3.79. The van der Waals surface area contributed by atoms with Gasteiger partial charge in [-0.2, -0.15) is 0 Å². The Morgan fingerprint density at radius 1 is 0.714 bits per heavy atom. The minimum Gasteiger partial charge on any atom is -0.301 e. The van der Waals surface area contributed by atoms with Crippen LogP contribution in [0.4, 0.5) is 0 Å². The molecule has 2 aliphatic rings. The van der Waals surface area contributed by atoms with Crippen molar-refractivity contribution in [2.24, 2.45) is 0 Å². The zero-order chi connectivity index (χ0) is 9.80. The summed E-state index contributed by atoms with van der Waals surface area (Å²) >= 11 is 0. The van der Waals surface area contributed by atoms with Crippen LogP contribution in [0.15, 0.2) is 0 Å². The van der Waals surface area contributed by atoms with Crippen LogP contribution in [-0.4, -0.2) is 60.7 Å². The molecule has 0 aromatic heterocycles. The van der Waals surface area contributed by atoms with Crippen LogP contribution < -0.4 is 0 Å². The molecule has 2 fully saturated rings. The fourth-order valence-electron chi connectivity index (χ4n) is 2.50. The van der Waals surface area contributed by atoms with E-state index in [1.54, 1.807) is 0 Å². The fraction of sp³-hybridized carbons (Fsp3) is 1.00. The predicted octanol–water partition coefficient (Wildman–Crippen LogP) is 1.02. The third-order valence-corrected chi connectivity index (χ3v) is 3.53. The van der Waals surface area contributed by atoms with Crippen LogP contribution in [0.2, 0.25) is 0 Å². The first-order valence-electron chi connectivity index (χ1n) is 6.12. The molecule has 0 unspecified atom stereocenters. The van der Waals surface area contributed by atoms with Crippen molar-refractivity contribution in [1.29, 1.82) is 0 Å². The van der Waals surface area contributed by atoms with Crippen LogP contribution in [0.25, 0.3) is 0 Å². The molecule has 3 heteroatoms. The van der Waals surface area contributed by atoms with Gasteiger partial charge < -0.3 is 4.90 Å². The van der Waals surface area contributed by atoms with E-state index in [1.165, 1.54) is 65.1 Å². The summed E-state index contributed by atoms with van der Waals surface area (Å²) in [6, 6.07) is 0. The molecule has 0 N–H and O–H groups in total. The van der Waals surface area contributed by atoms with E-state index in [0.717, 1.165) is 0 Å². The van der Waals surface area contributed by atoms with E-state index in [1.807, 2.05) is 0 Å². The molecule has 3 nitrogen and oxygen atoms in total. The summed E-state index contributed by atoms with van der Waals surface area (Å²) in [6.45, 7) is 11.1. The molecule has 2 aliphatic heterocycles. The Bertz CT molecular complexity index is 158. The highest BCUT2D eigenvalue weighted by Gasteiger charge is 2.22. The second-order valence-electron chi connectivity index (χ2n) is 4.40. The third kappa shape index (κ3) is 2.47. The van der Waals surface area contributed by atoms with Crippen molar-refractivity contribution in [2.45, 2.75) is 26.2 Å². The lowest BCUT2D eigenvalue weighted by Crippen LogP contribution is -2.54. The lowest BCUT2D eigenvalue weighted by atomic mass is 10.1. The van der Waals surface area contributed by atoms with Crippen LogP contribution in [0.5, 0.6) is 0 Å². The van der Waals surface area contributed by atoms with E-state index in [0.29, 0.717) is 0 Å². The second kappa shape index (κ2) is 5.10. The third-order valence-electron chi connectivity index (χ3n) is 3.53. The lowest BCUT2D eigenvalue weighted by Gasteiger charge is -2.42. The van der Waals surface area contributed by atoms with Gasteiger partial charge in [-0.05, 0) is 19.4 Å². The van der Waals surface area contributed by atoms with Gasteiger partial charge in [0.25, 0.3) is 0 Å². The van der Waals surface area contributed by atoms with Crippen molar-refractivity contribution in [2.75, 3.05) is 45.8 Å². The normalized spacial score (nSPS) is 28.1. The van der Waals surface area contributed by atoms with Crippen LogP contribution in [0, 0.1) is 0 Å². The highest BCUT2D eigenvalue weighted by atomic mass is 15.6. The van der Waals surface area contributed by atoms with Crippen LogP contribution in [0.3, 0.4) is 0 Å². The monoisotopic (exact) mass is 197 g/mol. The molecule has 0 radical (unpaired) electrons. The average molecular weight is 197 g/mol. The maximum absolute atomic E-state index is 2.58. The first kappa shape index (κ1) is 10.4. The summed E-state index contributed by atoms with van der Waals surface area (Å²) in [5, 5.41) is 5.15. The van der Waals surface area contributed by atoms with Crippen molar-refractivity contribution in [3.05, 3.63) is 0 Å². The molecule has 0 saturated carbocycles. The van der Waals surface area contributed by atoms with Gasteiger partial charge in [0, 0.05) is 39.3 Å². The molecule has 0 aromatic rings. The molecule has 0 atom stereocenters. The first-order chi connectivity index (χ1) is 6.90. The quantitative estimate of drug-likeness (QED) is 0.654. The van der Waals surface area contributed by atoms with Gasteiger partial charge in [0.2, 0.25) is 0 Å². The summed E-state index contributed by atoms with van der Waals surface area (Å²) in [7, 11) is 0. The number of piperidine rings is 1. The molecular weight excluding hydrogens is 174 g/mol. The van der Waals surface area contributed by atoms with E-state index in [2.05, 4.69) is 21.8 Å². The molecule has 0 aromatic carbocycles. The first-order valence-corrected chi connectivity index (χ1v) is 6.12. The van der Waals surface area contributed by atoms with E-state index < -0.39 is 0 Å². The number of hydrogen-bond acceptors (Lipinski definition) is 3. The number of hydrogen-bond donors (Lipinski definition) is 0. The van der Waals surface area contributed by atoms with Crippen molar-refractivity contribution in [1.82, 2.24) is 14.9 Å². The largest absolute Gasteiger partial charge is 0.301 e. The van der Waals surface area contributed by atoms with Crippen molar-refractivity contribution in [3.63, 3.8) is 0 Å². The van der Waals surface area contributed by atoms with Gasteiger partial charge in [0.05, 0.1) is 0 Å². The zero-order valence-corrected chi connectivity index (χ0v) is 9.41. The maximum Gasteiger partial charge on any atom is 0.0261 e. The van der Waals surface area contributed by atoms with Crippen molar-refractivity contribution >= 4 is 0 Å². The number of nitrogens with zero attached hydrogens (tertiary/aromatic N) is 3. The van der Waals surface area contributed by atoms with Crippen molar-refractivity contribution < 1.29 is 0 Å². The zero-order valence-electron chi connectivity index (χ0n) is 9.41. The molecule has 0 amide bonds. The van der Waals surface area contributed by atoms with E-state index in [4.69, 9.17) is 0 Å². The Labute approximate surface area is 87.6 Å². The molecule has 0 aliphatic carbocycles. The maximum atomic E-state index is 2.58. The van der Waals surface area contributed by atoms with Gasteiger partial charge >= 0.3 is 0 Å². The van der Waals surface area contributed by atoms with Crippen molar-refractivity contribution in [3.8, 4) is 0 Å². The fourth-order valence-corrected chi connectivity index (χ4v) is 2.50. The van der Waals surface area contributed by atoms with E-state index in [-0.39, 0.29) is 0 Å². The van der Waals surface area contributed by atoms with Gasteiger partial charge in [-0.15, -0.1) is 0 Å². The van der Waals surface area contributed by atoms with Crippen LogP contribution in [0.1, 0.15) is 26.2 Å². The topological polar surface area (TPSA) is 9.72 Å². The molecule has 82 valence electrons. The number of rotatable bonds is 2. The molecule has 2 heterocycles. The molecular formula is C11H23N3. The Morgan fingerprint density at radius 2 is 1.29 bits per heavy atom. The SMILES string of the molecule is CCN1CCN(N2CCCCC2)CC1. The molecule has 2 saturated heterocycles. The van der Waals surface area contributed by atoms with E-state index in [9.17, 15) is 0 Å². The summed E-state index contributed by atoms with van der Waals surface area (Å²) in [4.78, 5) is 2.54. The predicted molar refractivity (Wildman–Crippen MR) is 59.1 cm³/mol. The molecule has 14 heavy (non-hydrogen) atoms. The number of hydrazine groups is 1. The summed E-state index contributed by atoms with van der Waals surface area (Å²) in [5.74, 6) is 0. The Hall–Kier alpha value is -0.120. The second-order valence-corrected chi connectivity index (χ2v) is 4.40. The summed E-state index contributed by atoms with van der Waals surface area (Å²) < 4.78 is 0. The Morgan fingerprint density at radius 3 is 1.86 bits per heavy atom. The van der Waals surface area contributed by atoms with Gasteiger partial charge in [0.1, 0.15) is 0 Å². The summed E-state index contributed by atoms with van der Waals surface area (Å²) in [5.41, 5.74) is 0. The highest BCUT2D eigenvalue weighted by Crippen LogP contribution is 2.13. The van der Waals surface area contributed by atoms with E-state index >= 15 is 0 Å². The average Bonchev–Trinajstić information content (AvgIpc) is 2.30. The molecule has 0 spiro atoms. The lowest BCUT2D eigenvalue weighted by molar-refractivity contribution is -0.0673. The minimum atomic E-state index is 1.22. The standard InChI is InChI=1S/C11H23N3/c1-2-12-8-10-14(11-9-12)13-6-4-3-5-7-13/h2-11H2,1H3. The van der Waals surface area contributed by atoms with Gasteiger partial charge in [-0.1, -0.05) is 13.3 Å². The number of piperazine rings is 1. The summed E-state index contributed by atoms with van der Waals surface area (Å²) in [6.07, 6.45) is 4.23. The molecule has 0 bridgehead atoms. The smallest absolute Gasteiger partial charge is 0.0261 e. The minimum absolute atomic E-state index is 1.22. The van der Waals surface area contributed by atoms with Crippen LogP contribution >= 0.6 is 0 Å². The highest BCUT2D eigenvalue weighted by molar-refractivity contribution is 4.72.